The van der Waals surface area contributed by atoms with Crippen LogP contribution in [0.5, 0.6) is 0 Å². The minimum absolute atomic E-state index is 0.0180. The highest BCUT2D eigenvalue weighted by molar-refractivity contribution is 6.31. The van der Waals surface area contributed by atoms with E-state index in [0.717, 1.165) is 17.5 Å². The van der Waals surface area contributed by atoms with Crippen molar-refractivity contribution in [2.45, 2.75) is 12.5 Å². The molecule has 1 unspecified atom stereocenters. The number of halogens is 2. The van der Waals surface area contributed by atoms with E-state index in [4.69, 9.17) is 11.6 Å². The number of aromatic nitrogens is 1. The fourth-order valence-electron chi connectivity index (χ4n) is 1.90. The first-order valence-corrected chi connectivity index (χ1v) is 6.09. The van der Waals surface area contributed by atoms with E-state index < -0.39 is 0 Å². The van der Waals surface area contributed by atoms with Crippen LogP contribution in [0.3, 0.4) is 0 Å². The molecule has 2 aromatic rings. The molecular formula is C14H14ClFN2. The first kappa shape index (κ1) is 13.0. The average molecular weight is 265 g/mol. The van der Waals surface area contributed by atoms with Crippen LogP contribution in [0.1, 0.15) is 17.2 Å². The van der Waals surface area contributed by atoms with E-state index in [1.807, 2.05) is 19.2 Å². The van der Waals surface area contributed by atoms with Gasteiger partial charge in [-0.3, -0.25) is 4.98 Å². The van der Waals surface area contributed by atoms with Gasteiger partial charge in [0.25, 0.3) is 0 Å². The lowest BCUT2D eigenvalue weighted by atomic mass is 9.99. The number of hydrogen-bond acceptors (Lipinski definition) is 2. The normalized spacial score (nSPS) is 12.4. The van der Waals surface area contributed by atoms with Crippen LogP contribution in [0.4, 0.5) is 4.39 Å². The van der Waals surface area contributed by atoms with Crippen LogP contribution in [0.25, 0.3) is 0 Å². The van der Waals surface area contributed by atoms with Crippen LogP contribution in [-0.2, 0) is 6.42 Å². The van der Waals surface area contributed by atoms with Crippen LogP contribution >= 0.6 is 11.6 Å². The zero-order valence-corrected chi connectivity index (χ0v) is 10.8. The van der Waals surface area contributed by atoms with Gasteiger partial charge < -0.3 is 5.32 Å². The molecule has 94 valence electrons. The van der Waals surface area contributed by atoms with Gasteiger partial charge in [0.2, 0.25) is 0 Å². The molecule has 0 aliphatic heterocycles. The lowest BCUT2D eigenvalue weighted by molar-refractivity contribution is 0.577. The first-order chi connectivity index (χ1) is 8.70. The number of hydrogen-bond donors (Lipinski definition) is 1. The molecule has 18 heavy (non-hydrogen) atoms. The van der Waals surface area contributed by atoms with Crippen LogP contribution in [0, 0.1) is 5.82 Å². The molecule has 1 N–H and O–H groups in total. The molecule has 1 atom stereocenters. The molecule has 0 saturated carbocycles. The molecule has 0 saturated heterocycles. The SMILES string of the molecule is CNC(Cc1ccncc1)c1cc(F)ccc1Cl. The van der Waals surface area contributed by atoms with Crippen molar-refractivity contribution >= 4 is 11.6 Å². The number of rotatable bonds is 4. The standard InChI is InChI=1S/C14H14ClFN2/c1-17-14(8-10-4-6-18-7-5-10)12-9-11(16)2-3-13(12)15/h2-7,9,14,17H,8H2,1H3. The van der Waals surface area contributed by atoms with E-state index in [1.165, 1.54) is 12.1 Å². The molecule has 4 heteroatoms. The fourth-order valence-corrected chi connectivity index (χ4v) is 2.15. The minimum Gasteiger partial charge on any atom is -0.313 e. The van der Waals surface area contributed by atoms with Crippen molar-refractivity contribution in [1.82, 2.24) is 10.3 Å². The molecule has 0 radical (unpaired) electrons. The maximum absolute atomic E-state index is 13.3. The summed E-state index contributed by atoms with van der Waals surface area (Å²) in [6.07, 6.45) is 4.23. The van der Waals surface area contributed by atoms with Crippen LogP contribution < -0.4 is 5.32 Å². The summed E-state index contributed by atoms with van der Waals surface area (Å²) >= 11 is 6.12. The van der Waals surface area contributed by atoms with Gasteiger partial charge in [0.1, 0.15) is 5.82 Å². The Kier molecular flexibility index (Phi) is 4.28. The lowest BCUT2D eigenvalue weighted by Crippen LogP contribution is -2.19. The van der Waals surface area contributed by atoms with Gasteiger partial charge in [0.05, 0.1) is 0 Å². The summed E-state index contributed by atoms with van der Waals surface area (Å²) in [6, 6.07) is 8.30. The summed E-state index contributed by atoms with van der Waals surface area (Å²) in [5.74, 6) is -0.274. The lowest BCUT2D eigenvalue weighted by Gasteiger charge is -2.18. The Bertz CT molecular complexity index is 516. The van der Waals surface area contributed by atoms with E-state index in [1.54, 1.807) is 18.5 Å². The third kappa shape index (κ3) is 3.06. The van der Waals surface area contributed by atoms with Crippen molar-refractivity contribution in [2.24, 2.45) is 0 Å². The largest absolute Gasteiger partial charge is 0.313 e. The van der Waals surface area contributed by atoms with Gasteiger partial charge >= 0.3 is 0 Å². The fraction of sp³-hybridized carbons (Fsp3) is 0.214. The third-order valence-electron chi connectivity index (χ3n) is 2.87. The van der Waals surface area contributed by atoms with Crippen molar-refractivity contribution < 1.29 is 4.39 Å². The smallest absolute Gasteiger partial charge is 0.123 e. The van der Waals surface area contributed by atoms with E-state index in [2.05, 4.69) is 10.3 Å². The molecule has 2 rings (SSSR count). The second kappa shape index (κ2) is 5.94. The van der Waals surface area contributed by atoms with Gasteiger partial charge in [0.15, 0.2) is 0 Å². The van der Waals surface area contributed by atoms with E-state index in [0.29, 0.717) is 5.02 Å². The van der Waals surface area contributed by atoms with Crippen molar-refractivity contribution in [1.29, 1.82) is 0 Å². The number of pyridine rings is 1. The van der Waals surface area contributed by atoms with Gasteiger partial charge in [-0.1, -0.05) is 11.6 Å². The summed E-state index contributed by atoms with van der Waals surface area (Å²) in [7, 11) is 1.84. The molecule has 1 heterocycles. The number of likely N-dealkylation sites (N-methyl/N-ethyl adjacent to an activating group) is 1. The van der Waals surface area contributed by atoms with Gasteiger partial charge in [-0.25, -0.2) is 4.39 Å². The Hall–Kier alpha value is -1.45. The topological polar surface area (TPSA) is 24.9 Å². The van der Waals surface area contributed by atoms with Crippen LogP contribution in [0.15, 0.2) is 42.7 Å². The molecule has 0 spiro atoms. The van der Waals surface area contributed by atoms with E-state index in [9.17, 15) is 4.39 Å². The summed E-state index contributed by atoms with van der Waals surface area (Å²) in [5.41, 5.74) is 1.90. The van der Waals surface area contributed by atoms with Gasteiger partial charge in [-0.2, -0.15) is 0 Å². The highest BCUT2D eigenvalue weighted by atomic mass is 35.5. The highest BCUT2D eigenvalue weighted by Gasteiger charge is 2.14. The minimum atomic E-state index is -0.274. The molecule has 1 aromatic carbocycles. The summed E-state index contributed by atoms with van der Waals surface area (Å²) < 4.78 is 13.3. The maximum Gasteiger partial charge on any atom is 0.123 e. The Balaban J connectivity index is 2.26. The quantitative estimate of drug-likeness (QED) is 0.916. The number of nitrogens with zero attached hydrogens (tertiary/aromatic N) is 1. The monoisotopic (exact) mass is 264 g/mol. The van der Waals surface area contributed by atoms with Crippen molar-refractivity contribution in [2.75, 3.05) is 7.05 Å². The van der Waals surface area contributed by atoms with E-state index >= 15 is 0 Å². The molecule has 0 fully saturated rings. The molecule has 0 aliphatic rings. The Morgan fingerprint density at radius 3 is 2.67 bits per heavy atom. The molecule has 0 amide bonds. The molecular weight excluding hydrogens is 251 g/mol. The molecule has 1 aromatic heterocycles. The predicted octanol–water partition coefficient (Wildman–Crippen LogP) is 3.38. The van der Waals surface area contributed by atoms with Crippen molar-refractivity contribution in [3.63, 3.8) is 0 Å². The third-order valence-corrected chi connectivity index (χ3v) is 3.22. The Morgan fingerprint density at radius 1 is 1.28 bits per heavy atom. The predicted molar refractivity (Wildman–Crippen MR) is 71.2 cm³/mol. The summed E-state index contributed by atoms with van der Waals surface area (Å²) in [5, 5.41) is 3.74. The molecule has 0 bridgehead atoms. The van der Waals surface area contributed by atoms with Crippen LogP contribution in [-0.4, -0.2) is 12.0 Å². The zero-order valence-electron chi connectivity index (χ0n) is 10.0. The van der Waals surface area contributed by atoms with Crippen molar-refractivity contribution in [3.8, 4) is 0 Å². The first-order valence-electron chi connectivity index (χ1n) is 5.72. The van der Waals surface area contributed by atoms with Crippen LogP contribution in [0.2, 0.25) is 5.02 Å². The highest BCUT2D eigenvalue weighted by Crippen LogP contribution is 2.26. The summed E-state index contributed by atoms with van der Waals surface area (Å²) in [6.45, 7) is 0. The Labute approximate surface area is 111 Å². The molecule has 0 aliphatic carbocycles. The second-order valence-corrected chi connectivity index (χ2v) is 4.47. The van der Waals surface area contributed by atoms with Gasteiger partial charge in [-0.15, -0.1) is 0 Å². The number of benzene rings is 1. The zero-order chi connectivity index (χ0) is 13.0. The second-order valence-electron chi connectivity index (χ2n) is 4.07. The van der Waals surface area contributed by atoms with Gasteiger partial charge in [-0.05, 0) is 54.9 Å². The van der Waals surface area contributed by atoms with E-state index in [-0.39, 0.29) is 11.9 Å². The van der Waals surface area contributed by atoms with Crippen molar-refractivity contribution in [3.05, 3.63) is 64.7 Å². The molecule has 2 nitrogen and oxygen atoms in total. The summed E-state index contributed by atoms with van der Waals surface area (Å²) in [4.78, 5) is 3.98. The Morgan fingerprint density at radius 2 is 2.00 bits per heavy atom. The maximum atomic E-state index is 13.3. The number of nitrogens with one attached hydrogen (secondary N) is 1. The van der Waals surface area contributed by atoms with Gasteiger partial charge in [0, 0.05) is 23.5 Å². The average Bonchev–Trinajstić information content (AvgIpc) is 2.40.